The van der Waals surface area contributed by atoms with Crippen molar-refractivity contribution in [3.8, 4) is 0 Å². The largest absolute Gasteiger partial charge is 0.313 e. The first kappa shape index (κ1) is 12.9. The Morgan fingerprint density at radius 2 is 2.12 bits per heavy atom. The molecule has 0 amide bonds. The summed E-state index contributed by atoms with van der Waals surface area (Å²) in [5, 5.41) is 3.72. The fourth-order valence-electron chi connectivity index (χ4n) is 2.12. The Balaban J connectivity index is 2.04. The molecule has 1 aliphatic heterocycles. The minimum Gasteiger partial charge on any atom is -0.313 e. The predicted molar refractivity (Wildman–Crippen MR) is 70.0 cm³/mol. The Kier molecular flexibility index (Phi) is 4.07. The SMILES string of the molecule is O=S(=O)(Cc1ccccc1Cl)CC1CCCN1. The Labute approximate surface area is 107 Å². The summed E-state index contributed by atoms with van der Waals surface area (Å²) in [7, 11) is -3.09. The third-order valence-corrected chi connectivity index (χ3v) is 4.98. The van der Waals surface area contributed by atoms with Crippen LogP contribution in [0, 0.1) is 0 Å². The van der Waals surface area contributed by atoms with Crippen molar-refractivity contribution < 1.29 is 8.42 Å². The molecular formula is C12H16ClNO2S. The molecule has 2 rings (SSSR count). The molecule has 1 heterocycles. The fraction of sp³-hybridized carbons (Fsp3) is 0.500. The van der Waals surface area contributed by atoms with Crippen molar-refractivity contribution in [2.24, 2.45) is 0 Å². The molecule has 17 heavy (non-hydrogen) atoms. The molecule has 94 valence electrons. The van der Waals surface area contributed by atoms with Crippen LogP contribution in [-0.4, -0.2) is 26.8 Å². The van der Waals surface area contributed by atoms with Gasteiger partial charge in [-0.2, -0.15) is 0 Å². The maximum atomic E-state index is 12.0. The smallest absolute Gasteiger partial charge is 0.156 e. The van der Waals surface area contributed by atoms with E-state index in [9.17, 15) is 8.42 Å². The van der Waals surface area contributed by atoms with Gasteiger partial charge in [-0.15, -0.1) is 0 Å². The molecule has 1 aromatic carbocycles. The van der Waals surface area contributed by atoms with Crippen LogP contribution in [0.2, 0.25) is 5.02 Å². The van der Waals surface area contributed by atoms with Crippen LogP contribution in [0.25, 0.3) is 0 Å². The summed E-state index contributed by atoms with van der Waals surface area (Å²) < 4.78 is 24.0. The van der Waals surface area contributed by atoms with E-state index in [0.717, 1.165) is 19.4 Å². The van der Waals surface area contributed by atoms with Crippen molar-refractivity contribution in [3.63, 3.8) is 0 Å². The number of halogens is 1. The Hall–Kier alpha value is -0.580. The predicted octanol–water partition coefficient (Wildman–Crippen LogP) is 2.01. The monoisotopic (exact) mass is 273 g/mol. The second-order valence-corrected chi connectivity index (χ2v) is 6.96. The van der Waals surface area contributed by atoms with E-state index in [-0.39, 0.29) is 17.5 Å². The lowest BCUT2D eigenvalue weighted by molar-refractivity contribution is 0.576. The minimum absolute atomic E-state index is 0.0326. The van der Waals surface area contributed by atoms with Crippen LogP contribution >= 0.6 is 11.6 Å². The number of benzene rings is 1. The van der Waals surface area contributed by atoms with Gasteiger partial charge in [0.15, 0.2) is 9.84 Å². The van der Waals surface area contributed by atoms with E-state index < -0.39 is 9.84 Å². The quantitative estimate of drug-likeness (QED) is 0.913. The zero-order chi connectivity index (χ0) is 12.3. The summed E-state index contributed by atoms with van der Waals surface area (Å²) in [4.78, 5) is 0. The maximum Gasteiger partial charge on any atom is 0.156 e. The van der Waals surface area contributed by atoms with E-state index in [1.54, 1.807) is 18.2 Å². The van der Waals surface area contributed by atoms with Gasteiger partial charge < -0.3 is 5.32 Å². The van der Waals surface area contributed by atoms with Gasteiger partial charge in [0.25, 0.3) is 0 Å². The zero-order valence-electron chi connectivity index (χ0n) is 9.52. The highest BCUT2D eigenvalue weighted by atomic mass is 35.5. The van der Waals surface area contributed by atoms with Gasteiger partial charge in [0, 0.05) is 11.1 Å². The van der Waals surface area contributed by atoms with Crippen molar-refractivity contribution in [1.82, 2.24) is 5.32 Å². The van der Waals surface area contributed by atoms with E-state index in [2.05, 4.69) is 5.32 Å². The molecule has 1 N–H and O–H groups in total. The van der Waals surface area contributed by atoms with Crippen LogP contribution in [0.5, 0.6) is 0 Å². The van der Waals surface area contributed by atoms with Crippen LogP contribution in [0.15, 0.2) is 24.3 Å². The molecule has 1 aliphatic rings. The summed E-state index contributed by atoms with van der Waals surface area (Å²) in [6.45, 7) is 0.923. The number of rotatable bonds is 4. The van der Waals surface area contributed by atoms with Gasteiger partial charge in [0.05, 0.1) is 11.5 Å². The minimum atomic E-state index is -3.09. The maximum absolute atomic E-state index is 12.0. The summed E-state index contributed by atoms with van der Waals surface area (Å²) in [5.74, 6) is 0.239. The summed E-state index contributed by atoms with van der Waals surface area (Å²) in [6, 6.07) is 7.21. The highest BCUT2D eigenvalue weighted by Crippen LogP contribution is 2.19. The van der Waals surface area contributed by atoms with Gasteiger partial charge in [-0.25, -0.2) is 8.42 Å². The molecule has 0 bridgehead atoms. The van der Waals surface area contributed by atoms with E-state index in [4.69, 9.17) is 11.6 Å². The highest BCUT2D eigenvalue weighted by Gasteiger charge is 2.22. The van der Waals surface area contributed by atoms with Crippen LogP contribution < -0.4 is 5.32 Å². The third kappa shape index (κ3) is 3.69. The molecule has 0 spiro atoms. The molecule has 1 fully saturated rings. The molecule has 0 aliphatic carbocycles. The molecule has 1 unspecified atom stereocenters. The molecule has 0 radical (unpaired) electrons. The lowest BCUT2D eigenvalue weighted by Crippen LogP contribution is -2.30. The molecular weight excluding hydrogens is 258 g/mol. The van der Waals surface area contributed by atoms with Crippen LogP contribution in [-0.2, 0) is 15.6 Å². The van der Waals surface area contributed by atoms with Crippen molar-refractivity contribution in [2.75, 3.05) is 12.3 Å². The summed E-state index contributed by atoms with van der Waals surface area (Å²) in [5.41, 5.74) is 0.687. The molecule has 1 saturated heterocycles. The van der Waals surface area contributed by atoms with Gasteiger partial charge in [-0.05, 0) is 31.0 Å². The molecule has 0 saturated carbocycles. The molecule has 5 heteroatoms. The van der Waals surface area contributed by atoms with Gasteiger partial charge in [-0.3, -0.25) is 0 Å². The zero-order valence-corrected chi connectivity index (χ0v) is 11.1. The lowest BCUT2D eigenvalue weighted by Gasteiger charge is -2.11. The second-order valence-electron chi connectivity index (χ2n) is 4.44. The van der Waals surface area contributed by atoms with E-state index >= 15 is 0 Å². The average Bonchev–Trinajstić information content (AvgIpc) is 2.73. The molecule has 3 nitrogen and oxygen atoms in total. The van der Waals surface area contributed by atoms with Crippen LogP contribution in [0.1, 0.15) is 18.4 Å². The Bertz CT molecular complexity index is 481. The third-order valence-electron chi connectivity index (χ3n) is 2.95. The van der Waals surface area contributed by atoms with Gasteiger partial charge in [0.1, 0.15) is 0 Å². The van der Waals surface area contributed by atoms with Gasteiger partial charge in [0.2, 0.25) is 0 Å². The molecule has 1 atom stereocenters. The number of nitrogens with one attached hydrogen (secondary N) is 1. The summed E-state index contributed by atoms with van der Waals surface area (Å²) in [6.07, 6.45) is 2.01. The van der Waals surface area contributed by atoms with Crippen LogP contribution in [0.3, 0.4) is 0 Å². The average molecular weight is 274 g/mol. The first-order valence-corrected chi connectivity index (χ1v) is 7.94. The van der Waals surface area contributed by atoms with Crippen molar-refractivity contribution >= 4 is 21.4 Å². The second kappa shape index (κ2) is 5.38. The van der Waals surface area contributed by atoms with Crippen molar-refractivity contribution in [2.45, 2.75) is 24.6 Å². The fourth-order valence-corrected chi connectivity index (χ4v) is 4.14. The van der Waals surface area contributed by atoms with Crippen molar-refractivity contribution in [3.05, 3.63) is 34.9 Å². The normalized spacial score (nSPS) is 20.6. The number of sulfone groups is 1. The van der Waals surface area contributed by atoms with E-state index in [1.165, 1.54) is 0 Å². The van der Waals surface area contributed by atoms with Crippen LogP contribution in [0.4, 0.5) is 0 Å². The number of hydrogen-bond acceptors (Lipinski definition) is 3. The molecule has 1 aromatic rings. The number of hydrogen-bond donors (Lipinski definition) is 1. The lowest BCUT2D eigenvalue weighted by atomic mass is 10.2. The Morgan fingerprint density at radius 3 is 2.76 bits per heavy atom. The topological polar surface area (TPSA) is 46.2 Å². The Morgan fingerprint density at radius 1 is 1.35 bits per heavy atom. The first-order valence-electron chi connectivity index (χ1n) is 5.74. The highest BCUT2D eigenvalue weighted by molar-refractivity contribution is 7.90. The van der Waals surface area contributed by atoms with Crippen molar-refractivity contribution in [1.29, 1.82) is 0 Å². The van der Waals surface area contributed by atoms with Gasteiger partial charge >= 0.3 is 0 Å². The van der Waals surface area contributed by atoms with Gasteiger partial charge in [-0.1, -0.05) is 29.8 Å². The standard InChI is InChI=1S/C12H16ClNO2S/c13-12-6-2-1-4-10(12)8-17(15,16)9-11-5-3-7-14-11/h1-2,4,6,11,14H,3,5,7-9H2. The van der Waals surface area contributed by atoms with E-state index in [1.807, 2.05) is 6.07 Å². The van der Waals surface area contributed by atoms with E-state index in [0.29, 0.717) is 10.6 Å². The summed E-state index contributed by atoms with van der Waals surface area (Å²) >= 11 is 5.97. The first-order chi connectivity index (χ1) is 8.07. The molecule has 0 aromatic heterocycles.